The molecule has 1 aliphatic heterocycles. The molecule has 1 aromatic heterocycles. The molecule has 0 spiro atoms. The van der Waals surface area contributed by atoms with Crippen molar-refractivity contribution in [2.75, 3.05) is 19.1 Å². The van der Waals surface area contributed by atoms with Crippen LogP contribution in [0, 0.1) is 0 Å². The number of anilines is 2. The fourth-order valence-corrected chi connectivity index (χ4v) is 4.27. The Kier molecular flexibility index (Phi) is 5.30. The number of benzene rings is 3. The van der Waals surface area contributed by atoms with Gasteiger partial charge in [-0.3, -0.25) is 14.5 Å². The first-order valence-electron chi connectivity index (χ1n) is 10.3. The van der Waals surface area contributed by atoms with Gasteiger partial charge in [-0.15, -0.1) is 0 Å². The predicted octanol–water partition coefficient (Wildman–Crippen LogP) is 4.97. The highest BCUT2D eigenvalue weighted by Crippen LogP contribution is 2.32. The molecule has 7 nitrogen and oxygen atoms in total. The van der Waals surface area contributed by atoms with Crippen LogP contribution >= 0.6 is 15.9 Å². The van der Waals surface area contributed by atoms with Crippen LogP contribution in [-0.4, -0.2) is 40.8 Å². The van der Waals surface area contributed by atoms with Crippen LogP contribution in [0.3, 0.4) is 0 Å². The number of rotatable bonds is 5. The lowest BCUT2D eigenvalue weighted by Crippen LogP contribution is -2.30. The maximum atomic E-state index is 12.8. The molecule has 0 atom stereocenters. The summed E-state index contributed by atoms with van der Waals surface area (Å²) in [6.45, 7) is -0.0121. The first-order chi connectivity index (χ1) is 16.0. The lowest BCUT2D eigenvalue weighted by molar-refractivity contribution is 0.0638. The number of nitrogens with zero attached hydrogens (tertiary/aromatic N) is 4. The molecule has 0 unspecified atom stereocenters. The van der Waals surface area contributed by atoms with E-state index in [9.17, 15) is 9.59 Å². The summed E-state index contributed by atoms with van der Waals surface area (Å²) in [7, 11) is 3.54. The fraction of sp³-hybridized carbons (Fsp3) is 0.120. The molecule has 0 aliphatic carbocycles. The monoisotopic (exact) mass is 502 g/mol. The molecule has 0 fully saturated rings. The first kappa shape index (κ1) is 21.1. The van der Waals surface area contributed by atoms with Gasteiger partial charge in [-0.05, 0) is 54.6 Å². The molecule has 2 heterocycles. The molecule has 3 aromatic carbocycles. The zero-order valence-corrected chi connectivity index (χ0v) is 19.5. The number of ether oxygens (including phenoxy) is 1. The van der Waals surface area contributed by atoms with Gasteiger partial charge in [-0.1, -0.05) is 28.1 Å². The van der Waals surface area contributed by atoms with Gasteiger partial charge in [0, 0.05) is 22.6 Å². The van der Waals surface area contributed by atoms with E-state index in [1.54, 1.807) is 31.4 Å². The lowest BCUT2D eigenvalue weighted by Gasteiger charge is -2.22. The van der Waals surface area contributed by atoms with E-state index in [1.807, 2.05) is 54.4 Å². The molecule has 164 valence electrons. The summed E-state index contributed by atoms with van der Waals surface area (Å²) < 4.78 is 6.16. The van der Waals surface area contributed by atoms with E-state index < -0.39 is 0 Å². The van der Waals surface area contributed by atoms with Gasteiger partial charge < -0.3 is 9.64 Å². The Morgan fingerprint density at radius 2 is 1.61 bits per heavy atom. The third kappa shape index (κ3) is 3.72. The van der Waals surface area contributed by atoms with Gasteiger partial charge in [0.25, 0.3) is 11.8 Å². The molecule has 5 rings (SSSR count). The number of hydrogen-bond donors (Lipinski definition) is 0. The maximum absolute atomic E-state index is 12.8. The number of fused-ring (bicyclic) bond motifs is 2. The summed E-state index contributed by atoms with van der Waals surface area (Å²) in [5.41, 5.74) is 2.43. The van der Waals surface area contributed by atoms with Crippen LogP contribution in [0.2, 0.25) is 0 Å². The Morgan fingerprint density at radius 1 is 0.939 bits per heavy atom. The number of carbonyl (C=O) groups excluding carboxylic acids is 2. The largest absolute Gasteiger partial charge is 0.497 e. The Bertz CT molecular complexity index is 1370. The average molecular weight is 503 g/mol. The normalized spacial score (nSPS) is 12.9. The molecule has 4 aromatic rings. The van der Waals surface area contributed by atoms with Crippen molar-refractivity contribution in [2.24, 2.45) is 0 Å². The van der Waals surface area contributed by atoms with Crippen LogP contribution in [-0.2, 0) is 6.54 Å². The summed E-state index contributed by atoms with van der Waals surface area (Å²) >= 11 is 3.52. The third-order valence-corrected chi connectivity index (χ3v) is 6.13. The van der Waals surface area contributed by atoms with Crippen LogP contribution in [0.25, 0.3) is 10.9 Å². The van der Waals surface area contributed by atoms with Gasteiger partial charge in [-0.2, -0.15) is 0 Å². The number of methoxy groups -OCH3 is 1. The summed E-state index contributed by atoms with van der Waals surface area (Å²) in [5.74, 6) is 1.14. The zero-order valence-electron chi connectivity index (χ0n) is 17.9. The van der Waals surface area contributed by atoms with E-state index in [0.717, 1.165) is 26.8 Å². The van der Waals surface area contributed by atoms with E-state index in [0.29, 0.717) is 22.8 Å². The van der Waals surface area contributed by atoms with Crippen molar-refractivity contribution in [3.8, 4) is 5.75 Å². The van der Waals surface area contributed by atoms with Crippen LogP contribution < -0.4 is 9.64 Å². The minimum absolute atomic E-state index is 0.0121. The molecule has 0 saturated heterocycles. The third-order valence-electron chi connectivity index (χ3n) is 5.64. The van der Waals surface area contributed by atoms with Crippen molar-refractivity contribution >= 4 is 50.2 Å². The molecule has 0 bridgehead atoms. The van der Waals surface area contributed by atoms with Gasteiger partial charge in [0.1, 0.15) is 11.6 Å². The van der Waals surface area contributed by atoms with Crippen molar-refractivity contribution in [2.45, 2.75) is 6.54 Å². The number of aromatic nitrogens is 2. The van der Waals surface area contributed by atoms with Gasteiger partial charge in [-0.25, -0.2) is 9.97 Å². The molecule has 2 amide bonds. The first-order valence-corrected chi connectivity index (χ1v) is 11.0. The van der Waals surface area contributed by atoms with Gasteiger partial charge in [0.15, 0.2) is 5.82 Å². The average Bonchev–Trinajstić information content (AvgIpc) is 3.08. The fourth-order valence-electron chi connectivity index (χ4n) is 3.91. The van der Waals surface area contributed by atoms with Gasteiger partial charge in [0.2, 0.25) is 0 Å². The Hall–Kier alpha value is -3.78. The summed E-state index contributed by atoms with van der Waals surface area (Å²) in [6.07, 6.45) is 0. The smallest absolute Gasteiger partial charge is 0.261 e. The standard InChI is InChI=1S/C25H19BrN4O3/c1-29(16-8-10-17(33-2)11-9-16)23-20-13-15(26)7-12-21(20)27-22(28-23)14-30-24(31)18-5-3-4-6-19(18)25(30)32/h3-13H,14H2,1-2H3. The van der Waals surface area contributed by atoms with Crippen LogP contribution in [0.15, 0.2) is 71.2 Å². The molecule has 8 heteroatoms. The summed E-state index contributed by atoms with van der Waals surface area (Å²) in [5, 5.41) is 0.841. The Balaban J connectivity index is 1.56. The van der Waals surface area contributed by atoms with Crippen molar-refractivity contribution in [1.29, 1.82) is 0 Å². The highest BCUT2D eigenvalue weighted by molar-refractivity contribution is 9.10. The molecule has 1 aliphatic rings. The zero-order chi connectivity index (χ0) is 23.1. The quantitative estimate of drug-likeness (QED) is 0.359. The van der Waals surface area contributed by atoms with Crippen molar-refractivity contribution in [1.82, 2.24) is 14.9 Å². The summed E-state index contributed by atoms with van der Waals surface area (Å²) in [6, 6.07) is 20.2. The second-order valence-electron chi connectivity index (χ2n) is 7.62. The Labute approximate surface area is 198 Å². The summed E-state index contributed by atoms with van der Waals surface area (Å²) in [4.78, 5) is 38.2. The van der Waals surface area contributed by atoms with Gasteiger partial charge >= 0.3 is 0 Å². The Morgan fingerprint density at radius 3 is 2.24 bits per heavy atom. The van der Waals surface area contributed by atoms with E-state index >= 15 is 0 Å². The number of amides is 2. The van der Waals surface area contributed by atoms with Crippen LogP contribution in [0.4, 0.5) is 11.5 Å². The molecule has 0 radical (unpaired) electrons. The van der Waals surface area contributed by atoms with E-state index in [2.05, 4.69) is 20.9 Å². The second-order valence-corrected chi connectivity index (χ2v) is 8.54. The van der Waals surface area contributed by atoms with Crippen molar-refractivity contribution in [3.63, 3.8) is 0 Å². The maximum Gasteiger partial charge on any atom is 0.261 e. The van der Waals surface area contributed by atoms with Crippen molar-refractivity contribution < 1.29 is 14.3 Å². The van der Waals surface area contributed by atoms with E-state index in [-0.39, 0.29) is 18.4 Å². The molecular weight excluding hydrogens is 484 g/mol. The van der Waals surface area contributed by atoms with Crippen LogP contribution in [0.1, 0.15) is 26.5 Å². The van der Waals surface area contributed by atoms with Crippen LogP contribution in [0.5, 0.6) is 5.75 Å². The number of hydrogen-bond acceptors (Lipinski definition) is 6. The minimum atomic E-state index is -0.333. The number of carbonyl (C=O) groups is 2. The SMILES string of the molecule is COc1ccc(N(C)c2nc(CN3C(=O)c4ccccc4C3=O)nc3ccc(Br)cc23)cc1. The second kappa shape index (κ2) is 8.29. The lowest BCUT2D eigenvalue weighted by atomic mass is 10.1. The number of halogens is 1. The van der Waals surface area contributed by atoms with Gasteiger partial charge in [0.05, 0.1) is 30.3 Å². The highest BCUT2D eigenvalue weighted by Gasteiger charge is 2.35. The molecule has 0 N–H and O–H groups in total. The molecule has 33 heavy (non-hydrogen) atoms. The highest BCUT2D eigenvalue weighted by atomic mass is 79.9. The van der Waals surface area contributed by atoms with E-state index in [4.69, 9.17) is 9.72 Å². The number of imide groups is 1. The minimum Gasteiger partial charge on any atom is -0.497 e. The van der Waals surface area contributed by atoms with E-state index in [1.165, 1.54) is 4.90 Å². The molecule has 0 saturated carbocycles. The van der Waals surface area contributed by atoms with Crippen molar-refractivity contribution in [3.05, 3.63) is 88.2 Å². The molecular formula is C25H19BrN4O3. The topological polar surface area (TPSA) is 75.6 Å². The predicted molar refractivity (Wildman–Crippen MR) is 129 cm³/mol.